The lowest BCUT2D eigenvalue weighted by molar-refractivity contribution is -0.0704. The first-order valence-electron chi connectivity index (χ1n) is 12.9. The van der Waals surface area contributed by atoms with Gasteiger partial charge in [-0.2, -0.15) is 10.2 Å². The molecule has 194 valence electrons. The van der Waals surface area contributed by atoms with Gasteiger partial charge in [0.15, 0.2) is 0 Å². The Hall–Kier alpha value is -3.29. The van der Waals surface area contributed by atoms with Gasteiger partial charge in [0.1, 0.15) is 18.0 Å². The van der Waals surface area contributed by atoms with Crippen molar-refractivity contribution in [2.45, 2.75) is 39.0 Å². The number of fused-ring (bicyclic) bond motifs is 1. The number of rotatable bonds is 7. The Balaban J connectivity index is 1.27. The summed E-state index contributed by atoms with van der Waals surface area (Å²) >= 11 is 0. The summed E-state index contributed by atoms with van der Waals surface area (Å²) in [7, 11) is 0. The number of nitriles is 1. The van der Waals surface area contributed by atoms with Crippen molar-refractivity contribution in [3.05, 3.63) is 53.1 Å². The first kappa shape index (κ1) is 25.4. The Bertz CT molecular complexity index is 1260. The van der Waals surface area contributed by atoms with Gasteiger partial charge in [0.25, 0.3) is 5.89 Å². The molecule has 2 aliphatic heterocycles. The Kier molecular flexibility index (Phi) is 7.82. The van der Waals surface area contributed by atoms with E-state index in [1.54, 1.807) is 12.1 Å². The smallest absolute Gasteiger partial charge is 0.258 e. The van der Waals surface area contributed by atoms with E-state index in [1.165, 1.54) is 11.1 Å². The van der Waals surface area contributed by atoms with Crippen LogP contribution >= 0.6 is 0 Å². The van der Waals surface area contributed by atoms with E-state index in [9.17, 15) is 10.4 Å². The lowest BCUT2D eigenvalue weighted by Gasteiger charge is -2.34. The van der Waals surface area contributed by atoms with Crippen molar-refractivity contribution in [3.63, 3.8) is 0 Å². The molecule has 1 atom stereocenters. The van der Waals surface area contributed by atoms with Crippen molar-refractivity contribution >= 4 is 0 Å². The second-order valence-corrected chi connectivity index (χ2v) is 9.83. The largest absolute Gasteiger partial charge is 0.490 e. The molecule has 3 heterocycles. The lowest BCUT2D eigenvalue weighted by Crippen LogP contribution is -2.49. The summed E-state index contributed by atoms with van der Waals surface area (Å²) in [6.07, 6.45) is 1.34. The minimum absolute atomic E-state index is 0.0249. The average molecular weight is 504 g/mol. The fourth-order valence-electron chi connectivity index (χ4n) is 4.88. The van der Waals surface area contributed by atoms with Gasteiger partial charge < -0.3 is 19.1 Å². The number of morpholine rings is 1. The fourth-order valence-corrected chi connectivity index (χ4v) is 4.88. The van der Waals surface area contributed by atoms with Gasteiger partial charge in [0.2, 0.25) is 5.82 Å². The summed E-state index contributed by atoms with van der Waals surface area (Å²) in [6.45, 7) is 9.20. The van der Waals surface area contributed by atoms with Crippen LogP contribution in [0.2, 0.25) is 0 Å². The normalized spacial score (nSPS) is 17.7. The summed E-state index contributed by atoms with van der Waals surface area (Å²) in [4.78, 5) is 9.04. The zero-order chi connectivity index (χ0) is 25.8. The zero-order valence-electron chi connectivity index (χ0n) is 21.4. The highest BCUT2D eigenvalue weighted by atomic mass is 16.5. The number of hydrogen-bond acceptors (Lipinski definition) is 9. The molecule has 3 aromatic rings. The minimum atomic E-state index is -0.467. The molecule has 0 radical (unpaired) electrons. The first-order chi connectivity index (χ1) is 18.0. The van der Waals surface area contributed by atoms with Gasteiger partial charge >= 0.3 is 0 Å². The van der Waals surface area contributed by atoms with Crippen LogP contribution in [-0.2, 0) is 17.6 Å². The maximum absolute atomic E-state index is 10.7. The van der Waals surface area contributed by atoms with Gasteiger partial charge in [-0.05, 0) is 62.1 Å². The summed E-state index contributed by atoms with van der Waals surface area (Å²) < 4.78 is 16.7. The van der Waals surface area contributed by atoms with Crippen molar-refractivity contribution < 1.29 is 19.1 Å². The highest BCUT2D eigenvalue weighted by Crippen LogP contribution is 2.29. The molecular weight excluding hydrogens is 470 g/mol. The predicted molar refractivity (Wildman–Crippen MR) is 138 cm³/mol. The second-order valence-electron chi connectivity index (χ2n) is 9.83. The minimum Gasteiger partial charge on any atom is -0.490 e. The van der Waals surface area contributed by atoms with Crippen molar-refractivity contribution in [2.24, 2.45) is 0 Å². The molecule has 2 aliphatic rings. The Morgan fingerprint density at radius 1 is 1.03 bits per heavy atom. The summed E-state index contributed by atoms with van der Waals surface area (Å²) in [5.41, 5.74) is 4.59. The third kappa shape index (κ3) is 6.00. The Labute approximate surface area is 217 Å². The Morgan fingerprint density at radius 3 is 2.54 bits per heavy atom. The molecule has 9 heteroatoms. The van der Waals surface area contributed by atoms with E-state index >= 15 is 0 Å². The summed E-state index contributed by atoms with van der Waals surface area (Å²) in [5.74, 6) is 1.42. The molecule has 2 aromatic carbocycles. The lowest BCUT2D eigenvalue weighted by atomic mass is 10.00. The van der Waals surface area contributed by atoms with E-state index in [4.69, 9.17) is 14.0 Å². The molecule has 5 rings (SSSR count). The van der Waals surface area contributed by atoms with Crippen LogP contribution < -0.4 is 4.74 Å². The van der Waals surface area contributed by atoms with E-state index in [1.807, 2.05) is 26.0 Å². The van der Waals surface area contributed by atoms with Crippen molar-refractivity contribution in [3.8, 4) is 34.7 Å². The second kappa shape index (κ2) is 11.4. The molecule has 0 amide bonds. The highest BCUT2D eigenvalue weighted by molar-refractivity contribution is 5.64. The zero-order valence-corrected chi connectivity index (χ0v) is 21.4. The van der Waals surface area contributed by atoms with Crippen LogP contribution in [0, 0.1) is 11.3 Å². The van der Waals surface area contributed by atoms with Gasteiger partial charge in [-0.1, -0.05) is 17.3 Å². The first-order valence-corrected chi connectivity index (χ1v) is 12.9. The monoisotopic (exact) mass is 503 g/mol. The number of aliphatic hydroxyl groups excluding tert-OH is 1. The quantitative estimate of drug-likeness (QED) is 0.520. The summed E-state index contributed by atoms with van der Waals surface area (Å²) in [5, 5.41) is 24.4. The molecule has 1 fully saturated rings. The summed E-state index contributed by atoms with van der Waals surface area (Å²) in [6, 6.07) is 13.8. The number of aliphatic hydroxyl groups is 1. The molecule has 9 nitrogen and oxygen atoms in total. The van der Waals surface area contributed by atoms with E-state index in [0.29, 0.717) is 48.4 Å². The van der Waals surface area contributed by atoms with Crippen LogP contribution in [0.5, 0.6) is 5.75 Å². The van der Waals surface area contributed by atoms with E-state index < -0.39 is 6.23 Å². The van der Waals surface area contributed by atoms with Crippen LogP contribution in [0.1, 0.15) is 30.5 Å². The molecule has 0 saturated carbocycles. The fraction of sp³-hybridized carbons (Fsp3) is 0.464. The van der Waals surface area contributed by atoms with Crippen molar-refractivity contribution in [2.75, 3.05) is 45.9 Å². The van der Waals surface area contributed by atoms with Gasteiger partial charge in [-0.3, -0.25) is 9.80 Å². The number of benzene rings is 2. The topological polar surface area (TPSA) is 108 Å². The van der Waals surface area contributed by atoms with Crippen molar-refractivity contribution in [1.82, 2.24) is 19.9 Å². The van der Waals surface area contributed by atoms with Gasteiger partial charge in [0.05, 0.1) is 24.9 Å². The van der Waals surface area contributed by atoms with Crippen LogP contribution in [0.4, 0.5) is 0 Å². The van der Waals surface area contributed by atoms with Crippen LogP contribution in [0.3, 0.4) is 0 Å². The van der Waals surface area contributed by atoms with Gasteiger partial charge in [0, 0.05) is 43.9 Å². The van der Waals surface area contributed by atoms with Gasteiger partial charge in [-0.25, -0.2) is 0 Å². The van der Waals surface area contributed by atoms with E-state index in [2.05, 4.69) is 38.1 Å². The predicted octanol–water partition coefficient (Wildman–Crippen LogP) is 3.11. The third-order valence-electron chi connectivity index (χ3n) is 6.88. The number of nitrogens with zero attached hydrogens (tertiary/aromatic N) is 5. The van der Waals surface area contributed by atoms with Gasteiger partial charge in [-0.15, -0.1) is 0 Å². The molecule has 37 heavy (non-hydrogen) atoms. The average Bonchev–Trinajstić information content (AvgIpc) is 3.32. The Morgan fingerprint density at radius 2 is 1.78 bits per heavy atom. The van der Waals surface area contributed by atoms with E-state index in [0.717, 1.165) is 44.6 Å². The molecule has 1 N–H and O–H groups in total. The van der Waals surface area contributed by atoms with Crippen molar-refractivity contribution in [1.29, 1.82) is 5.26 Å². The molecule has 1 unspecified atom stereocenters. The maximum Gasteiger partial charge on any atom is 0.258 e. The standard InChI is InChI=1S/C28H33N5O4/c1-19(2)36-25-6-5-23(16-24(25)17-29)28-30-27(31-37-28)22-4-3-20-7-9-32(10-8-21(20)15-22)18-26(34)33-11-13-35-14-12-33/h3-6,15-16,19,26,34H,7-14,18H2,1-2H3. The van der Waals surface area contributed by atoms with Crippen LogP contribution in [0.15, 0.2) is 40.9 Å². The number of hydrogen-bond donors (Lipinski definition) is 1. The van der Waals surface area contributed by atoms with Crippen LogP contribution in [-0.4, -0.2) is 83.3 Å². The SMILES string of the molecule is CC(C)Oc1ccc(-c2nc(-c3ccc4c(c3)CCN(CC(O)N3CCOCC3)CC4)no2)cc1C#N. The maximum atomic E-state index is 10.7. The number of ether oxygens (including phenoxy) is 2. The molecule has 0 bridgehead atoms. The molecule has 0 aliphatic carbocycles. The number of aromatic nitrogens is 2. The third-order valence-corrected chi connectivity index (χ3v) is 6.88. The molecule has 1 saturated heterocycles. The van der Waals surface area contributed by atoms with E-state index in [-0.39, 0.29) is 6.10 Å². The number of β-amino-alcohol motifs (C(OH)–C–C–N with tert-alkyl or cyclic N) is 1. The molecule has 1 aromatic heterocycles. The van der Waals surface area contributed by atoms with Crippen LogP contribution in [0.25, 0.3) is 22.8 Å². The molecular formula is C28H33N5O4. The molecule has 0 spiro atoms. The highest BCUT2D eigenvalue weighted by Gasteiger charge is 2.23.